The van der Waals surface area contributed by atoms with Gasteiger partial charge in [-0.3, -0.25) is 14.3 Å². The normalized spacial score (nSPS) is 18.4. The molecule has 0 aromatic heterocycles. The molecule has 0 spiro atoms. The minimum atomic E-state index is -3.52. The molecule has 1 saturated heterocycles. The van der Waals surface area contributed by atoms with Crippen LogP contribution in [0.15, 0.2) is 18.2 Å². The third kappa shape index (κ3) is 3.48. The van der Waals surface area contributed by atoms with Crippen LogP contribution in [0, 0.1) is 5.92 Å². The molecule has 1 atom stereocenters. The van der Waals surface area contributed by atoms with Crippen molar-refractivity contribution in [3.05, 3.63) is 18.2 Å². The molecule has 2 rings (SSSR count). The molecule has 1 aliphatic rings. The van der Waals surface area contributed by atoms with E-state index >= 15 is 0 Å². The Morgan fingerprint density at radius 1 is 1.45 bits per heavy atom. The lowest BCUT2D eigenvalue weighted by Gasteiger charge is -2.18. The summed E-state index contributed by atoms with van der Waals surface area (Å²) in [4.78, 5) is 24.2. The minimum absolute atomic E-state index is 0.0544. The number of hydrogen-bond acceptors (Lipinski definition) is 5. The fraction of sp³-hybridized carbons (Fsp3) is 0.385. The highest BCUT2D eigenvalue weighted by Crippen LogP contribution is 2.33. The van der Waals surface area contributed by atoms with Gasteiger partial charge in [-0.05, 0) is 18.2 Å². The molecule has 0 aliphatic carbocycles. The highest BCUT2D eigenvalue weighted by molar-refractivity contribution is 7.92. The molecule has 22 heavy (non-hydrogen) atoms. The third-order valence-electron chi connectivity index (χ3n) is 3.26. The number of sulfonamides is 1. The van der Waals surface area contributed by atoms with Gasteiger partial charge < -0.3 is 14.7 Å². The van der Waals surface area contributed by atoms with Crippen LogP contribution in [-0.4, -0.2) is 45.3 Å². The lowest BCUT2D eigenvalue weighted by Crippen LogP contribution is -2.26. The zero-order chi connectivity index (χ0) is 16.5. The van der Waals surface area contributed by atoms with E-state index in [-0.39, 0.29) is 24.6 Å². The van der Waals surface area contributed by atoms with Crippen LogP contribution in [0.4, 0.5) is 11.4 Å². The van der Waals surface area contributed by atoms with Gasteiger partial charge in [-0.1, -0.05) is 0 Å². The van der Waals surface area contributed by atoms with Gasteiger partial charge in [0.05, 0.1) is 25.0 Å². The van der Waals surface area contributed by atoms with Crippen LogP contribution < -0.4 is 14.4 Å². The van der Waals surface area contributed by atoms with Gasteiger partial charge in [0.15, 0.2) is 0 Å². The van der Waals surface area contributed by atoms with Crippen molar-refractivity contribution >= 4 is 33.3 Å². The molecule has 0 bridgehead atoms. The van der Waals surface area contributed by atoms with Crippen LogP contribution in [-0.2, 0) is 19.6 Å². The lowest BCUT2D eigenvalue weighted by molar-refractivity contribution is -0.141. The van der Waals surface area contributed by atoms with E-state index < -0.39 is 21.9 Å². The van der Waals surface area contributed by atoms with Gasteiger partial charge in [0, 0.05) is 18.7 Å². The van der Waals surface area contributed by atoms with Gasteiger partial charge in [0.2, 0.25) is 15.9 Å². The van der Waals surface area contributed by atoms with Crippen LogP contribution in [0.1, 0.15) is 6.42 Å². The summed E-state index contributed by atoms with van der Waals surface area (Å²) in [6, 6.07) is 4.54. The quantitative estimate of drug-likeness (QED) is 0.814. The number of amides is 1. The van der Waals surface area contributed by atoms with Crippen molar-refractivity contribution < 1.29 is 27.9 Å². The largest absolute Gasteiger partial charge is 0.495 e. The summed E-state index contributed by atoms with van der Waals surface area (Å²) in [5, 5.41) is 8.99. The minimum Gasteiger partial charge on any atom is -0.495 e. The number of carboxylic acids is 1. The predicted octanol–water partition coefficient (Wildman–Crippen LogP) is 0.504. The molecule has 1 aromatic carbocycles. The zero-order valence-electron chi connectivity index (χ0n) is 12.1. The van der Waals surface area contributed by atoms with Gasteiger partial charge in [-0.25, -0.2) is 8.42 Å². The first-order valence-electron chi connectivity index (χ1n) is 6.40. The summed E-state index contributed by atoms with van der Waals surface area (Å²) in [7, 11) is -2.12. The molecule has 8 nitrogen and oxygen atoms in total. The number of aliphatic carboxylic acids is 1. The number of rotatable bonds is 5. The Hall–Kier alpha value is -2.29. The Labute approximate surface area is 127 Å². The van der Waals surface area contributed by atoms with Crippen molar-refractivity contribution in [2.45, 2.75) is 6.42 Å². The van der Waals surface area contributed by atoms with Gasteiger partial charge in [-0.2, -0.15) is 0 Å². The van der Waals surface area contributed by atoms with Gasteiger partial charge in [0.25, 0.3) is 0 Å². The Kier molecular flexibility index (Phi) is 4.27. The number of nitrogens with one attached hydrogen (secondary N) is 1. The predicted molar refractivity (Wildman–Crippen MR) is 79.6 cm³/mol. The van der Waals surface area contributed by atoms with Crippen molar-refractivity contribution in [1.82, 2.24) is 0 Å². The van der Waals surface area contributed by atoms with E-state index in [4.69, 9.17) is 9.84 Å². The van der Waals surface area contributed by atoms with Crippen molar-refractivity contribution in [3.8, 4) is 5.75 Å². The number of nitrogens with zero attached hydrogens (tertiary/aromatic N) is 1. The molecule has 0 saturated carbocycles. The maximum Gasteiger partial charge on any atom is 0.308 e. The maximum absolute atomic E-state index is 11.9. The van der Waals surface area contributed by atoms with Gasteiger partial charge in [-0.15, -0.1) is 0 Å². The smallest absolute Gasteiger partial charge is 0.308 e. The van der Waals surface area contributed by atoms with E-state index in [1.54, 1.807) is 6.07 Å². The fourth-order valence-corrected chi connectivity index (χ4v) is 2.82. The second-order valence-electron chi connectivity index (χ2n) is 5.00. The van der Waals surface area contributed by atoms with E-state index in [0.29, 0.717) is 11.4 Å². The number of benzene rings is 1. The summed E-state index contributed by atoms with van der Waals surface area (Å²) < 4.78 is 30.1. The molecule has 1 amide bonds. The molecular formula is C13H16N2O6S. The summed E-state index contributed by atoms with van der Waals surface area (Å²) in [6.07, 6.45) is 0.927. The number of anilines is 2. The standard InChI is InChI=1S/C13H16N2O6S/c1-21-11-4-3-9(6-10(11)14-22(2,19)20)15-7-8(13(17)18)5-12(15)16/h3-4,6,8,14H,5,7H2,1-2H3,(H,17,18)/t8-/m0/s1. The summed E-state index contributed by atoms with van der Waals surface area (Å²) in [5.41, 5.74) is 0.606. The van der Waals surface area contributed by atoms with E-state index in [1.165, 1.54) is 24.1 Å². The van der Waals surface area contributed by atoms with Gasteiger partial charge >= 0.3 is 5.97 Å². The molecule has 1 heterocycles. The maximum atomic E-state index is 11.9. The molecule has 1 aliphatic heterocycles. The zero-order valence-corrected chi connectivity index (χ0v) is 12.9. The van der Waals surface area contributed by atoms with Crippen molar-refractivity contribution in [1.29, 1.82) is 0 Å². The first-order valence-corrected chi connectivity index (χ1v) is 8.29. The SMILES string of the molecule is COc1ccc(N2C[C@@H](C(=O)O)CC2=O)cc1NS(C)(=O)=O. The summed E-state index contributed by atoms with van der Waals surface area (Å²) >= 11 is 0. The first-order chi connectivity index (χ1) is 10.2. The van der Waals surface area contributed by atoms with Crippen molar-refractivity contribution in [2.75, 3.05) is 29.5 Å². The second kappa shape index (κ2) is 5.84. The Morgan fingerprint density at radius 3 is 2.64 bits per heavy atom. The number of carboxylic acid groups (broad SMARTS) is 1. The lowest BCUT2D eigenvalue weighted by atomic mass is 10.1. The number of carbonyl (C=O) groups is 2. The number of carbonyl (C=O) groups excluding carboxylic acids is 1. The molecule has 120 valence electrons. The highest BCUT2D eigenvalue weighted by atomic mass is 32.2. The number of ether oxygens (including phenoxy) is 1. The van der Waals surface area contributed by atoms with Gasteiger partial charge in [0.1, 0.15) is 5.75 Å². The molecule has 1 fully saturated rings. The second-order valence-corrected chi connectivity index (χ2v) is 6.75. The Balaban J connectivity index is 2.35. The van der Waals surface area contributed by atoms with E-state index in [0.717, 1.165) is 6.26 Å². The highest BCUT2D eigenvalue weighted by Gasteiger charge is 2.35. The fourth-order valence-electron chi connectivity index (χ4n) is 2.27. The Morgan fingerprint density at radius 2 is 2.14 bits per heavy atom. The number of hydrogen-bond donors (Lipinski definition) is 2. The molecule has 0 radical (unpaired) electrons. The average molecular weight is 328 g/mol. The van der Waals surface area contributed by atoms with Crippen LogP contribution >= 0.6 is 0 Å². The summed E-state index contributed by atoms with van der Waals surface area (Å²) in [6.45, 7) is 0.0544. The molecule has 1 aromatic rings. The Bertz CT molecular complexity index is 715. The van der Waals surface area contributed by atoms with Crippen LogP contribution in [0.2, 0.25) is 0 Å². The average Bonchev–Trinajstić information content (AvgIpc) is 2.79. The van der Waals surface area contributed by atoms with Crippen molar-refractivity contribution in [3.63, 3.8) is 0 Å². The molecule has 0 unspecified atom stereocenters. The first kappa shape index (κ1) is 16.1. The molecular weight excluding hydrogens is 312 g/mol. The molecule has 9 heteroatoms. The van der Waals surface area contributed by atoms with Crippen LogP contribution in [0.5, 0.6) is 5.75 Å². The van der Waals surface area contributed by atoms with Crippen LogP contribution in [0.3, 0.4) is 0 Å². The van der Waals surface area contributed by atoms with Crippen LogP contribution in [0.25, 0.3) is 0 Å². The van der Waals surface area contributed by atoms with E-state index in [9.17, 15) is 18.0 Å². The van der Waals surface area contributed by atoms with Crippen molar-refractivity contribution in [2.24, 2.45) is 5.92 Å². The van der Waals surface area contributed by atoms with E-state index in [1.807, 2.05) is 0 Å². The topological polar surface area (TPSA) is 113 Å². The summed E-state index contributed by atoms with van der Waals surface area (Å²) in [5.74, 6) is -1.81. The van der Waals surface area contributed by atoms with E-state index in [2.05, 4.69) is 4.72 Å². The molecule has 2 N–H and O–H groups in total. The monoisotopic (exact) mass is 328 g/mol. The number of methoxy groups -OCH3 is 1. The third-order valence-corrected chi connectivity index (χ3v) is 3.86.